The van der Waals surface area contributed by atoms with Crippen molar-refractivity contribution >= 4 is 16.6 Å². The van der Waals surface area contributed by atoms with E-state index in [9.17, 15) is 4.39 Å². The lowest BCUT2D eigenvalue weighted by atomic mass is 9.93. The molecule has 3 heteroatoms. The molecule has 0 fully saturated rings. The number of aryl methyl sites for hydroxylation is 1. The van der Waals surface area contributed by atoms with Crippen LogP contribution in [0.5, 0.6) is 0 Å². The maximum absolute atomic E-state index is 13.2. The molecule has 2 aromatic rings. The third-order valence-corrected chi connectivity index (χ3v) is 3.48. The summed E-state index contributed by atoms with van der Waals surface area (Å²) in [5.41, 5.74) is 4.34. The Kier molecular flexibility index (Phi) is 2.46. The average molecular weight is 230 g/mol. The third kappa shape index (κ3) is 1.66. The monoisotopic (exact) mass is 230 g/mol. The van der Waals surface area contributed by atoms with Gasteiger partial charge in [0, 0.05) is 29.9 Å². The zero-order chi connectivity index (χ0) is 11.8. The lowest BCUT2D eigenvalue weighted by molar-refractivity contribution is 0.629. The molecule has 0 aliphatic heterocycles. The van der Waals surface area contributed by atoms with E-state index in [1.54, 1.807) is 0 Å². The highest BCUT2D eigenvalue weighted by Gasteiger charge is 2.17. The highest BCUT2D eigenvalue weighted by atomic mass is 19.1. The summed E-state index contributed by atoms with van der Waals surface area (Å²) in [5.74, 6) is -0.220. The Morgan fingerprint density at radius 2 is 2.06 bits per heavy atom. The number of hydrogen-bond donors (Lipinski definition) is 1. The van der Waals surface area contributed by atoms with Gasteiger partial charge in [0.05, 0.1) is 5.52 Å². The predicted molar refractivity (Wildman–Crippen MR) is 67.9 cm³/mol. The van der Waals surface area contributed by atoms with Crippen LogP contribution in [0.3, 0.4) is 0 Å². The summed E-state index contributed by atoms with van der Waals surface area (Å²) >= 11 is 0. The van der Waals surface area contributed by atoms with E-state index in [2.05, 4.69) is 10.3 Å². The molecule has 1 aromatic carbocycles. The zero-order valence-electron chi connectivity index (χ0n) is 9.89. The average Bonchev–Trinajstić information content (AvgIpc) is 2.35. The number of pyridine rings is 1. The first-order valence-corrected chi connectivity index (χ1v) is 6.08. The number of anilines is 1. The largest absolute Gasteiger partial charge is 0.387 e. The molecule has 17 heavy (non-hydrogen) atoms. The fourth-order valence-electron chi connectivity index (χ4n) is 2.68. The molecular weight excluding hydrogens is 215 g/mol. The normalized spacial score (nSPS) is 14.7. The Balaban J connectivity index is 2.34. The molecule has 1 N–H and O–H groups in total. The van der Waals surface area contributed by atoms with E-state index in [-0.39, 0.29) is 5.82 Å². The molecule has 88 valence electrons. The van der Waals surface area contributed by atoms with E-state index in [4.69, 9.17) is 0 Å². The van der Waals surface area contributed by atoms with Gasteiger partial charge < -0.3 is 5.32 Å². The van der Waals surface area contributed by atoms with Crippen molar-refractivity contribution in [2.24, 2.45) is 0 Å². The Morgan fingerprint density at radius 1 is 1.24 bits per heavy atom. The standard InChI is InChI=1S/C14H15FN2/c1-16-14-10-4-2-3-5-12(10)17-13-8-9(15)6-7-11(13)14/h6-8H,2-5H2,1H3,(H,16,17). The van der Waals surface area contributed by atoms with Crippen molar-refractivity contribution in [3.05, 3.63) is 35.3 Å². The van der Waals surface area contributed by atoms with E-state index < -0.39 is 0 Å². The number of aromatic nitrogens is 1. The molecule has 0 saturated carbocycles. The van der Waals surface area contributed by atoms with Crippen LogP contribution in [-0.4, -0.2) is 12.0 Å². The van der Waals surface area contributed by atoms with E-state index in [1.165, 1.54) is 30.5 Å². The molecule has 0 atom stereocenters. The van der Waals surface area contributed by atoms with Gasteiger partial charge >= 0.3 is 0 Å². The van der Waals surface area contributed by atoms with Crippen molar-refractivity contribution in [2.45, 2.75) is 25.7 Å². The van der Waals surface area contributed by atoms with Gasteiger partial charge in [0.2, 0.25) is 0 Å². The van der Waals surface area contributed by atoms with Gasteiger partial charge in [-0.15, -0.1) is 0 Å². The summed E-state index contributed by atoms with van der Waals surface area (Å²) in [5, 5.41) is 4.28. The Labute approximate surface area is 99.9 Å². The third-order valence-electron chi connectivity index (χ3n) is 3.48. The van der Waals surface area contributed by atoms with E-state index in [0.717, 1.165) is 35.1 Å². The van der Waals surface area contributed by atoms with E-state index in [0.29, 0.717) is 0 Å². The van der Waals surface area contributed by atoms with Crippen LogP contribution in [0.1, 0.15) is 24.1 Å². The van der Waals surface area contributed by atoms with Gasteiger partial charge in [-0.25, -0.2) is 4.39 Å². The molecule has 1 heterocycles. The Bertz CT molecular complexity index is 578. The maximum Gasteiger partial charge on any atom is 0.125 e. The van der Waals surface area contributed by atoms with Crippen LogP contribution in [0.2, 0.25) is 0 Å². The van der Waals surface area contributed by atoms with Crippen LogP contribution in [0.4, 0.5) is 10.1 Å². The molecule has 1 aromatic heterocycles. The second-order valence-electron chi connectivity index (χ2n) is 4.53. The van der Waals surface area contributed by atoms with Crippen molar-refractivity contribution in [1.29, 1.82) is 0 Å². The highest BCUT2D eigenvalue weighted by molar-refractivity contribution is 5.93. The molecule has 0 saturated heterocycles. The number of hydrogen-bond acceptors (Lipinski definition) is 2. The number of benzene rings is 1. The number of nitrogens with one attached hydrogen (secondary N) is 1. The lowest BCUT2D eigenvalue weighted by Gasteiger charge is -2.20. The number of fused-ring (bicyclic) bond motifs is 2. The van der Waals surface area contributed by atoms with Crippen molar-refractivity contribution in [3.63, 3.8) is 0 Å². The molecule has 3 rings (SSSR count). The molecule has 2 nitrogen and oxygen atoms in total. The summed E-state index contributed by atoms with van der Waals surface area (Å²) in [6, 6.07) is 4.84. The second-order valence-corrected chi connectivity index (χ2v) is 4.53. The van der Waals surface area contributed by atoms with Crippen molar-refractivity contribution in [2.75, 3.05) is 12.4 Å². The van der Waals surface area contributed by atoms with Crippen LogP contribution in [-0.2, 0) is 12.8 Å². The van der Waals surface area contributed by atoms with E-state index >= 15 is 0 Å². The van der Waals surface area contributed by atoms with Crippen molar-refractivity contribution in [3.8, 4) is 0 Å². The maximum atomic E-state index is 13.2. The quantitative estimate of drug-likeness (QED) is 0.813. The van der Waals surface area contributed by atoms with Gasteiger partial charge in [0.1, 0.15) is 5.82 Å². The molecule has 1 aliphatic carbocycles. The minimum Gasteiger partial charge on any atom is -0.387 e. The Morgan fingerprint density at radius 3 is 2.88 bits per heavy atom. The fourth-order valence-corrected chi connectivity index (χ4v) is 2.68. The fraction of sp³-hybridized carbons (Fsp3) is 0.357. The summed E-state index contributed by atoms with van der Waals surface area (Å²) < 4.78 is 13.2. The molecular formula is C14H15FN2. The van der Waals surface area contributed by atoms with Gasteiger partial charge in [-0.3, -0.25) is 4.98 Å². The van der Waals surface area contributed by atoms with Crippen LogP contribution < -0.4 is 5.32 Å². The van der Waals surface area contributed by atoms with Gasteiger partial charge in [0.15, 0.2) is 0 Å². The van der Waals surface area contributed by atoms with Crippen molar-refractivity contribution in [1.82, 2.24) is 4.98 Å². The first-order valence-electron chi connectivity index (χ1n) is 6.08. The SMILES string of the molecule is CNc1c2c(nc3cc(F)ccc13)CCCC2. The lowest BCUT2D eigenvalue weighted by Crippen LogP contribution is -2.09. The number of nitrogens with zero attached hydrogens (tertiary/aromatic N) is 1. The minimum atomic E-state index is -0.220. The first-order chi connectivity index (χ1) is 8.29. The van der Waals surface area contributed by atoms with Crippen LogP contribution in [0, 0.1) is 5.82 Å². The van der Waals surface area contributed by atoms with Crippen LogP contribution in [0.15, 0.2) is 18.2 Å². The molecule has 0 spiro atoms. The summed E-state index contributed by atoms with van der Waals surface area (Å²) in [4.78, 5) is 4.61. The van der Waals surface area contributed by atoms with Gasteiger partial charge in [0.25, 0.3) is 0 Å². The van der Waals surface area contributed by atoms with Crippen LogP contribution in [0.25, 0.3) is 10.9 Å². The van der Waals surface area contributed by atoms with Gasteiger partial charge in [-0.05, 0) is 43.4 Å². The summed E-state index contributed by atoms with van der Waals surface area (Å²) in [6.45, 7) is 0. The van der Waals surface area contributed by atoms with Crippen molar-refractivity contribution < 1.29 is 4.39 Å². The summed E-state index contributed by atoms with van der Waals surface area (Å²) in [7, 11) is 1.92. The van der Waals surface area contributed by atoms with E-state index in [1.807, 2.05) is 13.1 Å². The van der Waals surface area contributed by atoms with Gasteiger partial charge in [-0.1, -0.05) is 0 Å². The second kappa shape index (κ2) is 3.99. The minimum absolute atomic E-state index is 0.220. The molecule has 0 bridgehead atoms. The van der Waals surface area contributed by atoms with Gasteiger partial charge in [-0.2, -0.15) is 0 Å². The first kappa shape index (κ1) is 10.5. The molecule has 0 unspecified atom stereocenters. The molecule has 1 aliphatic rings. The van der Waals surface area contributed by atoms with Crippen LogP contribution >= 0.6 is 0 Å². The Hall–Kier alpha value is -1.64. The topological polar surface area (TPSA) is 24.9 Å². The number of rotatable bonds is 1. The molecule has 0 amide bonds. The summed E-state index contributed by atoms with van der Waals surface area (Å²) in [6.07, 6.45) is 4.49. The smallest absolute Gasteiger partial charge is 0.125 e. The highest BCUT2D eigenvalue weighted by Crippen LogP contribution is 2.33. The predicted octanol–water partition coefficient (Wildman–Crippen LogP) is 3.29. The zero-order valence-corrected chi connectivity index (χ0v) is 9.89. The number of halogens is 1. The molecule has 0 radical (unpaired) electrons.